The van der Waals surface area contributed by atoms with Gasteiger partial charge in [0.1, 0.15) is 19.1 Å². The molecule has 0 aromatic heterocycles. The van der Waals surface area contributed by atoms with E-state index in [9.17, 15) is 4.79 Å². The van der Waals surface area contributed by atoms with E-state index in [1.807, 2.05) is 31.2 Å². The van der Waals surface area contributed by atoms with Crippen molar-refractivity contribution in [2.75, 3.05) is 6.61 Å². The molecule has 0 saturated heterocycles. The molecule has 16 heavy (non-hydrogen) atoms. The zero-order valence-electron chi connectivity index (χ0n) is 9.01. The summed E-state index contributed by atoms with van der Waals surface area (Å²) in [6.07, 6.45) is -0.137. The van der Waals surface area contributed by atoms with Crippen LogP contribution in [0.25, 0.3) is 0 Å². The van der Waals surface area contributed by atoms with Crippen LogP contribution >= 0.6 is 0 Å². The Hall–Kier alpha value is -1.84. The van der Waals surface area contributed by atoms with Crippen LogP contribution in [0.4, 0.5) is 0 Å². The van der Waals surface area contributed by atoms with Crippen molar-refractivity contribution >= 4 is 11.9 Å². The molecule has 4 nitrogen and oxygen atoms in total. The molecule has 1 aliphatic heterocycles. The molecular formula is C12H13NO3. The van der Waals surface area contributed by atoms with Gasteiger partial charge in [-0.05, 0) is 18.1 Å². The topological polar surface area (TPSA) is 58.9 Å². The van der Waals surface area contributed by atoms with Crippen LogP contribution in [0.5, 0.6) is 0 Å². The zero-order valence-corrected chi connectivity index (χ0v) is 9.01. The number of carbonyl (C=O) groups is 1. The first-order valence-corrected chi connectivity index (χ1v) is 5.13. The fourth-order valence-electron chi connectivity index (χ4n) is 1.77. The van der Waals surface area contributed by atoms with Crippen LogP contribution in [0.1, 0.15) is 23.6 Å². The van der Waals surface area contributed by atoms with Gasteiger partial charge < -0.3 is 9.84 Å². The molecule has 0 amide bonds. The van der Waals surface area contributed by atoms with Crippen molar-refractivity contribution in [2.45, 2.75) is 19.4 Å². The molecule has 0 radical (unpaired) electrons. The average Bonchev–Trinajstić information content (AvgIpc) is 2.66. The first kappa shape index (κ1) is 10.7. The number of hydrogen-bond acceptors (Lipinski definition) is 3. The number of rotatable bonds is 3. The molecule has 1 aliphatic rings. The summed E-state index contributed by atoms with van der Waals surface area (Å²) in [7, 11) is 0. The molecule has 0 fully saturated rings. The molecule has 84 valence electrons. The highest BCUT2D eigenvalue weighted by Crippen LogP contribution is 2.26. The smallest absolute Gasteiger partial charge is 0.312 e. The van der Waals surface area contributed by atoms with Gasteiger partial charge in [0.05, 0.1) is 0 Å². The lowest BCUT2D eigenvalue weighted by Crippen LogP contribution is -2.06. The Morgan fingerprint density at radius 2 is 2.31 bits per heavy atom. The van der Waals surface area contributed by atoms with Crippen molar-refractivity contribution in [1.82, 2.24) is 0 Å². The van der Waals surface area contributed by atoms with Gasteiger partial charge in [0.2, 0.25) is 0 Å². The summed E-state index contributed by atoms with van der Waals surface area (Å²) in [5, 5.41) is 8.62. The lowest BCUT2D eigenvalue weighted by atomic mass is 10.0. The summed E-state index contributed by atoms with van der Waals surface area (Å²) in [4.78, 5) is 14.8. The molecule has 0 aliphatic carbocycles. The molecule has 0 saturated carbocycles. The van der Waals surface area contributed by atoms with Crippen LogP contribution in [0.2, 0.25) is 0 Å². The Morgan fingerprint density at radius 3 is 3.00 bits per heavy atom. The first-order chi connectivity index (χ1) is 7.66. The maximum atomic E-state index is 10.5. The SMILES string of the molecule is Cc1ccccc1C1COC(CC(=O)O)=N1. The lowest BCUT2D eigenvalue weighted by Gasteiger charge is -2.08. The van der Waals surface area contributed by atoms with Gasteiger partial charge in [-0.1, -0.05) is 24.3 Å². The second-order valence-electron chi connectivity index (χ2n) is 3.78. The van der Waals surface area contributed by atoms with E-state index in [-0.39, 0.29) is 12.5 Å². The standard InChI is InChI=1S/C12H13NO3/c1-8-4-2-3-5-9(8)10-7-16-11(13-10)6-12(14)15/h2-5,10H,6-7H2,1H3,(H,14,15). The molecule has 1 heterocycles. The Balaban J connectivity index is 2.16. The number of benzene rings is 1. The van der Waals surface area contributed by atoms with E-state index in [4.69, 9.17) is 9.84 Å². The minimum atomic E-state index is -0.913. The van der Waals surface area contributed by atoms with E-state index in [1.165, 1.54) is 0 Å². The number of aryl methyl sites for hydroxylation is 1. The van der Waals surface area contributed by atoms with E-state index >= 15 is 0 Å². The van der Waals surface area contributed by atoms with E-state index in [0.717, 1.165) is 11.1 Å². The molecule has 2 rings (SSSR count). The molecular weight excluding hydrogens is 206 g/mol. The first-order valence-electron chi connectivity index (χ1n) is 5.13. The van der Waals surface area contributed by atoms with Crippen LogP contribution < -0.4 is 0 Å². The number of nitrogens with zero attached hydrogens (tertiary/aromatic N) is 1. The summed E-state index contributed by atoms with van der Waals surface area (Å²) in [5.41, 5.74) is 2.25. The van der Waals surface area contributed by atoms with Crippen LogP contribution in [0, 0.1) is 6.92 Å². The Kier molecular flexibility index (Phi) is 2.90. The third-order valence-electron chi connectivity index (χ3n) is 2.56. The van der Waals surface area contributed by atoms with Crippen LogP contribution in [-0.2, 0) is 9.53 Å². The predicted octanol–water partition coefficient (Wildman–Crippen LogP) is 1.94. The molecule has 0 spiro atoms. The lowest BCUT2D eigenvalue weighted by molar-refractivity contribution is -0.135. The summed E-state index contributed by atoms with van der Waals surface area (Å²) < 4.78 is 5.25. The van der Waals surface area contributed by atoms with Crippen molar-refractivity contribution in [3.8, 4) is 0 Å². The maximum absolute atomic E-state index is 10.5. The fourth-order valence-corrected chi connectivity index (χ4v) is 1.77. The third kappa shape index (κ3) is 2.21. The number of hydrogen-bond donors (Lipinski definition) is 1. The van der Waals surface area contributed by atoms with Crippen molar-refractivity contribution in [2.24, 2.45) is 4.99 Å². The van der Waals surface area contributed by atoms with Gasteiger partial charge in [0.15, 0.2) is 5.90 Å². The summed E-state index contributed by atoms with van der Waals surface area (Å²) in [6.45, 7) is 2.45. The van der Waals surface area contributed by atoms with E-state index in [0.29, 0.717) is 12.5 Å². The third-order valence-corrected chi connectivity index (χ3v) is 2.56. The van der Waals surface area contributed by atoms with Crippen molar-refractivity contribution in [3.05, 3.63) is 35.4 Å². The highest BCUT2D eigenvalue weighted by atomic mass is 16.5. The van der Waals surface area contributed by atoms with Gasteiger partial charge >= 0.3 is 5.97 Å². The minimum absolute atomic E-state index is 0.0597. The van der Waals surface area contributed by atoms with Crippen LogP contribution in [0.15, 0.2) is 29.3 Å². The van der Waals surface area contributed by atoms with Crippen LogP contribution in [-0.4, -0.2) is 23.6 Å². The van der Waals surface area contributed by atoms with E-state index in [2.05, 4.69) is 4.99 Å². The number of aliphatic carboxylic acids is 1. The Labute approximate surface area is 93.6 Å². The summed E-state index contributed by atoms with van der Waals surface area (Å²) in [5.74, 6) is -0.593. The van der Waals surface area contributed by atoms with Crippen molar-refractivity contribution in [1.29, 1.82) is 0 Å². The summed E-state index contributed by atoms with van der Waals surface area (Å²) >= 11 is 0. The molecule has 4 heteroatoms. The molecule has 0 bridgehead atoms. The number of aliphatic imine (C=N–C) groups is 1. The number of carboxylic acids is 1. The summed E-state index contributed by atoms with van der Waals surface area (Å²) in [6, 6.07) is 7.87. The van der Waals surface area contributed by atoms with E-state index in [1.54, 1.807) is 0 Å². The molecule has 1 N–H and O–H groups in total. The van der Waals surface area contributed by atoms with Gasteiger partial charge in [0, 0.05) is 0 Å². The zero-order chi connectivity index (χ0) is 11.5. The molecule has 1 aromatic carbocycles. The number of ether oxygens (including phenoxy) is 1. The molecule has 1 atom stereocenters. The van der Waals surface area contributed by atoms with Crippen molar-refractivity contribution in [3.63, 3.8) is 0 Å². The molecule has 1 unspecified atom stereocenters. The fraction of sp³-hybridized carbons (Fsp3) is 0.333. The second kappa shape index (κ2) is 4.35. The largest absolute Gasteiger partial charge is 0.481 e. The highest BCUT2D eigenvalue weighted by Gasteiger charge is 2.22. The predicted molar refractivity (Wildman–Crippen MR) is 59.6 cm³/mol. The Morgan fingerprint density at radius 1 is 1.56 bits per heavy atom. The van der Waals surface area contributed by atoms with Crippen molar-refractivity contribution < 1.29 is 14.6 Å². The molecule has 1 aromatic rings. The second-order valence-corrected chi connectivity index (χ2v) is 3.78. The maximum Gasteiger partial charge on any atom is 0.312 e. The van der Waals surface area contributed by atoms with Crippen LogP contribution in [0.3, 0.4) is 0 Å². The quantitative estimate of drug-likeness (QED) is 0.845. The van der Waals surface area contributed by atoms with Gasteiger partial charge in [0.25, 0.3) is 0 Å². The average molecular weight is 219 g/mol. The Bertz CT molecular complexity index is 440. The van der Waals surface area contributed by atoms with Gasteiger partial charge in [-0.3, -0.25) is 4.79 Å². The van der Waals surface area contributed by atoms with Gasteiger partial charge in [-0.15, -0.1) is 0 Å². The van der Waals surface area contributed by atoms with Gasteiger partial charge in [-0.25, -0.2) is 4.99 Å². The normalized spacial score (nSPS) is 19.1. The van der Waals surface area contributed by atoms with E-state index < -0.39 is 5.97 Å². The van der Waals surface area contributed by atoms with Gasteiger partial charge in [-0.2, -0.15) is 0 Å². The monoisotopic (exact) mass is 219 g/mol. The number of carboxylic acid groups (broad SMARTS) is 1. The highest BCUT2D eigenvalue weighted by molar-refractivity contribution is 5.94. The minimum Gasteiger partial charge on any atom is -0.481 e.